The number of aromatic nitrogens is 1. The minimum absolute atomic E-state index is 0.911. The molecule has 0 aliphatic carbocycles. The van der Waals surface area contributed by atoms with Crippen molar-refractivity contribution in [3.05, 3.63) is 152 Å². The van der Waals surface area contributed by atoms with E-state index in [0.717, 1.165) is 27.6 Å². The highest BCUT2D eigenvalue weighted by Crippen LogP contribution is 2.40. The second kappa shape index (κ2) is 9.43. The molecule has 0 saturated heterocycles. The van der Waals surface area contributed by atoms with Crippen LogP contribution in [0, 0.1) is 0 Å². The minimum Gasteiger partial charge on any atom is -0.456 e. The van der Waals surface area contributed by atoms with Crippen LogP contribution < -0.4 is 0 Å². The molecule has 0 bridgehead atoms. The van der Waals surface area contributed by atoms with Gasteiger partial charge in [-0.25, -0.2) is 0 Å². The van der Waals surface area contributed by atoms with E-state index in [1.807, 2.05) is 23.5 Å². The predicted octanol–water partition coefficient (Wildman–Crippen LogP) is 12.4. The van der Waals surface area contributed by atoms with Crippen LogP contribution in [-0.2, 0) is 0 Å². The van der Waals surface area contributed by atoms with Crippen LogP contribution in [0.2, 0.25) is 0 Å². The van der Waals surface area contributed by atoms with Gasteiger partial charge >= 0.3 is 0 Å². The van der Waals surface area contributed by atoms with E-state index >= 15 is 0 Å². The Morgan fingerprint density at radius 3 is 1.69 bits per heavy atom. The third-order valence-electron chi connectivity index (χ3n) is 9.18. The zero-order chi connectivity index (χ0) is 29.5. The standard InChI is InChI=1S/C42H25NOS/c1-5-13-37-31(9-1)32-10-2-6-14-38(32)43(37)30-22-28(26-17-19-40-35(24-26)33-11-3-7-15-39(33)44-40)21-29(23-30)27-18-20-42-36(25-27)34-12-4-8-16-41(34)45-42/h1-25H. The van der Waals surface area contributed by atoms with Crippen molar-refractivity contribution in [2.24, 2.45) is 0 Å². The second-order valence-electron chi connectivity index (χ2n) is 11.8. The van der Waals surface area contributed by atoms with Gasteiger partial charge in [0.1, 0.15) is 11.2 Å². The number of hydrogen-bond acceptors (Lipinski definition) is 2. The van der Waals surface area contributed by atoms with Crippen LogP contribution in [0.1, 0.15) is 0 Å². The van der Waals surface area contributed by atoms with Crippen molar-refractivity contribution in [3.8, 4) is 27.9 Å². The summed E-state index contributed by atoms with van der Waals surface area (Å²) in [5, 5.41) is 7.43. The molecule has 0 saturated carbocycles. The van der Waals surface area contributed by atoms with Crippen LogP contribution in [0.4, 0.5) is 0 Å². The third-order valence-corrected chi connectivity index (χ3v) is 10.3. The van der Waals surface area contributed by atoms with Crippen molar-refractivity contribution in [1.29, 1.82) is 0 Å². The average Bonchev–Trinajstić information content (AvgIpc) is 3.77. The van der Waals surface area contributed by atoms with Gasteiger partial charge in [-0.05, 0) is 89.0 Å². The lowest BCUT2D eigenvalue weighted by molar-refractivity contribution is 0.669. The van der Waals surface area contributed by atoms with Gasteiger partial charge in [-0.15, -0.1) is 11.3 Å². The fourth-order valence-corrected chi connectivity index (χ4v) is 8.17. The third kappa shape index (κ3) is 3.75. The molecule has 3 heteroatoms. The summed E-state index contributed by atoms with van der Waals surface area (Å²) in [6, 6.07) is 55.0. The largest absolute Gasteiger partial charge is 0.456 e. The first-order valence-corrected chi connectivity index (χ1v) is 16.1. The molecule has 0 spiro atoms. The molecule has 0 radical (unpaired) electrons. The van der Waals surface area contributed by atoms with Gasteiger partial charge in [0, 0.05) is 47.4 Å². The Morgan fingerprint density at radius 2 is 0.933 bits per heavy atom. The van der Waals surface area contributed by atoms with Crippen molar-refractivity contribution in [3.63, 3.8) is 0 Å². The zero-order valence-electron chi connectivity index (χ0n) is 24.2. The number of rotatable bonds is 3. The smallest absolute Gasteiger partial charge is 0.135 e. The van der Waals surface area contributed by atoms with E-state index in [0.29, 0.717) is 0 Å². The van der Waals surface area contributed by atoms with Gasteiger partial charge in [-0.2, -0.15) is 0 Å². The number of hydrogen-bond donors (Lipinski definition) is 0. The van der Waals surface area contributed by atoms with Gasteiger partial charge in [-0.1, -0.05) is 84.9 Å². The summed E-state index contributed by atoms with van der Waals surface area (Å²) in [7, 11) is 0. The Bertz CT molecular complexity index is 2590. The maximum absolute atomic E-state index is 6.18. The monoisotopic (exact) mass is 591 g/mol. The van der Waals surface area contributed by atoms with E-state index in [-0.39, 0.29) is 0 Å². The number of furan rings is 1. The molecule has 0 N–H and O–H groups in total. The van der Waals surface area contributed by atoms with Gasteiger partial charge in [0.25, 0.3) is 0 Å². The van der Waals surface area contributed by atoms with Crippen molar-refractivity contribution >= 4 is 75.3 Å². The molecule has 0 atom stereocenters. The molecule has 0 amide bonds. The number of nitrogens with zero attached hydrogens (tertiary/aromatic N) is 1. The summed E-state index contributed by atoms with van der Waals surface area (Å²) < 4.78 is 11.2. The quantitative estimate of drug-likeness (QED) is 0.200. The summed E-state index contributed by atoms with van der Waals surface area (Å²) in [4.78, 5) is 0. The molecule has 0 aliphatic heterocycles. The van der Waals surface area contributed by atoms with E-state index in [2.05, 4.69) is 144 Å². The Hall–Kier alpha value is -5.64. The van der Waals surface area contributed by atoms with E-state index in [1.165, 1.54) is 64.2 Å². The first-order valence-electron chi connectivity index (χ1n) is 15.3. The second-order valence-corrected chi connectivity index (χ2v) is 12.8. The highest BCUT2D eigenvalue weighted by Gasteiger charge is 2.16. The molecule has 2 nitrogen and oxygen atoms in total. The molecule has 10 aromatic rings. The molecule has 3 aromatic heterocycles. The Labute approximate surface area is 263 Å². The Balaban J connectivity index is 1.26. The molecule has 7 aromatic carbocycles. The lowest BCUT2D eigenvalue weighted by Crippen LogP contribution is -1.96. The van der Waals surface area contributed by atoms with E-state index in [1.54, 1.807) is 0 Å². The molecule has 45 heavy (non-hydrogen) atoms. The van der Waals surface area contributed by atoms with E-state index < -0.39 is 0 Å². The average molecular weight is 592 g/mol. The Morgan fingerprint density at radius 1 is 0.378 bits per heavy atom. The van der Waals surface area contributed by atoms with Crippen LogP contribution in [0.15, 0.2) is 156 Å². The maximum atomic E-state index is 6.18. The molecule has 10 rings (SSSR count). The van der Waals surface area contributed by atoms with E-state index in [9.17, 15) is 0 Å². The normalized spacial score (nSPS) is 12.0. The Kier molecular flexibility index (Phi) is 5.19. The van der Waals surface area contributed by atoms with Gasteiger partial charge in [0.15, 0.2) is 0 Å². The van der Waals surface area contributed by atoms with Crippen molar-refractivity contribution in [2.45, 2.75) is 0 Å². The van der Waals surface area contributed by atoms with E-state index in [4.69, 9.17) is 4.42 Å². The summed E-state index contributed by atoms with van der Waals surface area (Å²) in [5.74, 6) is 0. The molecular weight excluding hydrogens is 567 g/mol. The van der Waals surface area contributed by atoms with Crippen LogP contribution in [-0.4, -0.2) is 4.57 Å². The summed E-state index contributed by atoms with van der Waals surface area (Å²) in [6.07, 6.45) is 0. The van der Waals surface area contributed by atoms with Crippen LogP contribution >= 0.6 is 11.3 Å². The summed E-state index contributed by atoms with van der Waals surface area (Å²) >= 11 is 1.86. The van der Waals surface area contributed by atoms with Gasteiger partial charge in [0.05, 0.1) is 11.0 Å². The van der Waals surface area contributed by atoms with Gasteiger partial charge in [-0.3, -0.25) is 0 Å². The highest BCUT2D eigenvalue weighted by molar-refractivity contribution is 7.25. The molecule has 0 fully saturated rings. The van der Waals surface area contributed by atoms with Gasteiger partial charge < -0.3 is 8.98 Å². The number of benzene rings is 7. The fraction of sp³-hybridized carbons (Fsp3) is 0. The molecule has 3 heterocycles. The lowest BCUT2D eigenvalue weighted by atomic mass is 9.96. The van der Waals surface area contributed by atoms with Crippen molar-refractivity contribution < 1.29 is 4.42 Å². The molecule has 0 unspecified atom stereocenters. The first-order chi connectivity index (χ1) is 22.3. The molecule has 0 aliphatic rings. The zero-order valence-corrected chi connectivity index (χ0v) is 25.0. The summed E-state index contributed by atoms with van der Waals surface area (Å²) in [6.45, 7) is 0. The SMILES string of the molecule is c1ccc2c(c1)oc1ccc(-c3cc(-c4ccc5sc6ccccc6c5c4)cc(-n4c5ccccc5c5ccccc54)c3)cc12. The van der Waals surface area contributed by atoms with Crippen LogP contribution in [0.25, 0.3) is 91.9 Å². The minimum atomic E-state index is 0.911. The van der Waals surface area contributed by atoms with Crippen molar-refractivity contribution in [1.82, 2.24) is 4.57 Å². The first kappa shape index (κ1) is 24.8. The summed E-state index contributed by atoms with van der Waals surface area (Å²) in [5.41, 5.74) is 10.1. The van der Waals surface area contributed by atoms with Crippen LogP contribution in [0.3, 0.4) is 0 Å². The topological polar surface area (TPSA) is 18.1 Å². The number of fused-ring (bicyclic) bond motifs is 9. The molecule has 210 valence electrons. The lowest BCUT2D eigenvalue weighted by Gasteiger charge is -2.14. The highest BCUT2D eigenvalue weighted by atomic mass is 32.1. The van der Waals surface area contributed by atoms with Crippen LogP contribution in [0.5, 0.6) is 0 Å². The van der Waals surface area contributed by atoms with Gasteiger partial charge in [0.2, 0.25) is 0 Å². The van der Waals surface area contributed by atoms with Crippen molar-refractivity contribution in [2.75, 3.05) is 0 Å². The number of thiophene rings is 1. The molecular formula is C42H25NOS. The fourth-order valence-electron chi connectivity index (χ4n) is 7.09. The maximum Gasteiger partial charge on any atom is 0.135 e. The number of para-hydroxylation sites is 3. The predicted molar refractivity (Wildman–Crippen MR) is 192 cm³/mol.